The Bertz CT molecular complexity index is 151. The molecule has 0 aliphatic rings. The molecule has 0 amide bonds. The van der Waals surface area contributed by atoms with E-state index in [1.54, 1.807) is 0 Å². The second-order valence-corrected chi connectivity index (χ2v) is 2.54. The van der Waals surface area contributed by atoms with E-state index >= 15 is 0 Å². The maximum absolute atomic E-state index is 10.1. The number of hydrogen-bond donors (Lipinski definition) is 3. The first-order chi connectivity index (χ1) is 3.95. The fourth-order valence-electron chi connectivity index (χ4n) is 0.183. The number of hydrogen-bond acceptors (Lipinski definition) is 4. The molecule has 5 N–H and O–H groups in total. The smallest absolute Gasteiger partial charge is 0.379 e. The van der Waals surface area contributed by atoms with Crippen molar-refractivity contribution < 1.29 is 18.8 Å². The second kappa shape index (κ2) is 2.93. The summed E-state index contributed by atoms with van der Waals surface area (Å²) in [6.07, 6.45) is 0. The molecular formula is C2H7N2O4P. The van der Waals surface area contributed by atoms with Gasteiger partial charge in [0.25, 0.3) is 0 Å². The summed E-state index contributed by atoms with van der Waals surface area (Å²) in [4.78, 5) is 18.2. The summed E-state index contributed by atoms with van der Waals surface area (Å²) in [7, 11) is -4.17. The fourth-order valence-corrected chi connectivity index (χ4v) is 0.549. The van der Waals surface area contributed by atoms with Crippen molar-refractivity contribution in [1.82, 2.24) is 0 Å². The summed E-state index contributed by atoms with van der Waals surface area (Å²) in [5.74, 6) is -0.997. The highest BCUT2D eigenvalue weighted by molar-refractivity contribution is 7.50. The van der Waals surface area contributed by atoms with Crippen molar-refractivity contribution in [2.24, 2.45) is 11.2 Å². The first-order valence-electron chi connectivity index (χ1n) is 1.99. The van der Waals surface area contributed by atoms with Gasteiger partial charge < -0.3 is 15.2 Å². The van der Waals surface area contributed by atoms with E-state index in [1.165, 1.54) is 0 Å². The van der Waals surface area contributed by atoms with E-state index in [0.29, 0.717) is 0 Å². The first kappa shape index (κ1) is 8.58. The molecule has 0 bridgehead atoms. The molecule has 54 valence electrons. The monoisotopic (exact) mass is 154 g/mol. The highest BCUT2D eigenvalue weighted by Gasteiger charge is 2.15. The molecule has 0 spiro atoms. The number of carbonyl (C=O) groups excluding carboxylic acids is 1. The van der Waals surface area contributed by atoms with Gasteiger partial charge in [-0.1, -0.05) is 0 Å². The Balaban J connectivity index is 3.75. The summed E-state index contributed by atoms with van der Waals surface area (Å²) in [6, 6.07) is 0. The van der Waals surface area contributed by atoms with Crippen molar-refractivity contribution in [2.45, 2.75) is 0 Å². The van der Waals surface area contributed by atoms with Crippen LogP contribution in [0.4, 0.5) is 0 Å². The maximum Gasteiger partial charge on any atom is 0.455 e. The van der Waals surface area contributed by atoms with Gasteiger partial charge in [-0.25, -0.2) is 10.1 Å². The van der Waals surface area contributed by atoms with Crippen molar-refractivity contribution in [3.63, 3.8) is 0 Å². The topological polar surface area (TPSA) is 116 Å². The normalized spacial score (nSPS) is 16.3. The lowest BCUT2D eigenvalue weighted by Crippen LogP contribution is -2.17. The Kier molecular flexibility index (Phi) is 2.80. The van der Waals surface area contributed by atoms with Crippen molar-refractivity contribution in [3.05, 3.63) is 0 Å². The van der Waals surface area contributed by atoms with Gasteiger partial charge in [0.1, 0.15) is 0 Å². The molecule has 1 atom stereocenters. The Morgan fingerprint density at radius 3 is 2.33 bits per heavy atom. The molecule has 0 saturated carbocycles. The van der Waals surface area contributed by atoms with E-state index in [1.807, 2.05) is 0 Å². The third kappa shape index (κ3) is 5.45. The molecule has 0 aromatic rings. The van der Waals surface area contributed by atoms with E-state index in [2.05, 4.69) is 10.0 Å². The van der Waals surface area contributed by atoms with Gasteiger partial charge in [0, 0.05) is 0 Å². The summed E-state index contributed by atoms with van der Waals surface area (Å²) in [5, 5.41) is 0. The molecule has 7 heteroatoms. The molecule has 9 heavy (non-hydrogen) atoms. The van der Waals surface area contributed by atoms with E-state index in [0.717, 1.165) is 0 Å². The predicted octanol–water partition coefficient (Wildman–Crippen LogP) is -1.45. The predicted molar refractivity (Wildman–Crippen MR) is 29.2 cm³/mol. The van der Waals surface area contributed by atoms with Crippen LogP contribution in [0.2, 0.25) is 0 Å². The lowest BCUT2D eigenvalue weighted by Gasteiger charge is -2.02. The molecule has 1 unspecified atom stereocenters. The van der Waals surface area contributed by atoms with Gasteiger partial charge in [0.15, 0.2) is 0 Å². The molecule has 0 aliphatic heterocycles. The summed E-state index contributed by atoms with van der Waals surface area (Å²) < 4.78 is 13.7. The van der Waals surface area contributed by atoms with Crippen molar-refractivity contribution in [2.75, 3.05) is 6.54 Å². The van der Waals surface area contributed by atoms with Gasteiger partial charge >= 0.3 is 13.7 Å². The second-order valence-electron chi connectivity index (χ2n) is 1.23. The van der Waals surface area contributed by atoms with E-state index in [9.17, 15) is 9.36 Å². The van der Waals surface area contributed by atoms with Crippen LogP contribution in [0.1, 0.15) is 0 Å². The van der Waals surface area contributed by atoms with Crippen LogP contribution < -0.4 is 11.2 Å². The average molecular weight is 154 g/mol. The molecule has 0 aromatic carbocycles. The molecule has 6 nitrogen and oxygen atoms in total. The lowest BCUT2D eigenvalue weighted by molar-refractivity contribution is -0.133. The Morgan fingerprint density at radius 2 is 2.22 bits per heavy atom. The van der Waals surface area contributed by atoms with Crippen LogP contribution in [0.15, 0.2) is 0 Å². The van der Waals surface area contributed by atoms with Crippen LogP contribution in [-0.2, 0) is 13.9 Å². The van der Waals surface area contributed by atoms with Crippen LogP contribution in [0.5, 0.6) is 0 Å². The molecule has 0 fully saturated rings. The number of rotatable bonds is 2. The van der Waals surface area contributed by atoms with Gasteiger partial charge in [-0.3, -0.25) is 4.79 Å². The van der Waals surface area contributed by atoms with Gasteiger partial charge in [0.05, 0.1) is 6.54 Å². The van der Waals surface area contributed by atoms with Crippen LogP contribution in [-0.4, -0.2) is 17.4 Å². The fraction of sp³-hybridized carbons (Fsp3) is 0.500. The Morgan fingerprint density at radius 1 is 1.78 bits per heavy atom. The standard InChI is InChI=1S/C2H7N2O4P/c3-1-2(5)8-9(4,6)7/h1,3H2,(H3,4,6,7). The Hall–Kier alpha value is -0.420. The third-order valence-corrected chi connectivity index (χ3v) is 0.865. The highest BCUT2D eigenvalue weighted by atomic mass is 31.2. The van der Waals surface area contributed by atoms with E-state index in [-0.39, 0.29) is 0 Å². The van der Waals surface area contributed by atoms with Crippen molar-refractivity contribution in [1.29, 1.82) is 0 Å². The molecule has 0 aliphatic carbocycles. The average Bonchev–Trinajstić information content (AvgIpc) is 1.62. The molecule has 0 rings (SSSR count). The van der Waals surface area contributed by atoms with E-state index < -0.39 is 20.3 Å². The van der Waals surface area contributed by atoms with Crippen LogP contribution in [0.3, 0.4) is 0 Å². The first-order valence-corrected chi connectivity index (χ1v) is 3.64. The zero-order valence-corrected chi connectivity index (χ0v) is 5.38. The SMILES string of the molecule is NCC(=O)OP(N)(=O)O. The number of nitrogens with two attached hydrogens (primary N) is 2. The zero-order valence-electron chi connectivity index (χ0n) is 4.48. The van der Waals surface area contributed by atoms with Crippen molar-refractivity contribution >= 4 is 13.7 Å². The van der Waals surface area contributed by atoms with Crippen LogP contribution in [0.25, 0.3) is 0 Å². The van der Waals surface area contributed by atoms with Gasteiger partial charge in [-0.2, -0.15) is 0 Å². The number of carbonyl (C=O) groups is 1. The third-order valence-electron chi connectivity index (χ3n) is 0.399. The van der Waals surface area contributed by atoms with Crippen LogP contribution in [0, 0.1) is 0 Å². The molecule has 0 saturated heterocycles. The lowest BCUT2D eigenvalue weighted by atomic mass is 10.7. The largest absolute Gasteiger partial charge is 0.455 e. The quantitative estimate of drug-likeness (QED) is 0.419. The minimum Gasteiger partial charge on any atom is -0.379 e. The van der Waals surface area contributed by atoms with Gasteiger partial charge in [-0.15, -0.1) is 0 Å². The summed E-state index contributed by atoms with van der Waals surface area (Å²) >= 11 is 0. The zero-order chi connectivity index (χ0) is 7.49. The summed E-state index contributed by atoms with van der Waals surface area (Å²) in [5.41, 5.74) is 9.14. The minimum atomic E-state index is -4.17. The van der Waals surface area contributed by atoms with Crippen molar-refractivity contribution in [3.8, 4) is 0 Å². The molecule has 0 heterocycles. The minimum absolute atomic E-state index is 0.457. The van der Waals surface area contributed by atoms with Crippen LogP contribution >= 0.6 is 7.75 Å². The molecular weight excluding hydrogens is 147 g/mol. The highest BCUT2D eigenvalue weighted by Crippen LogP contribution is 2.30. The summed E-state index contributed by atoms with van der Waals surface area (Å²) in [6.45, 7) is -0.457. The van der Waals surface area contributed by atoms with E-state index in [4.69, 9.17) is 10.6 Å². The molecule has 0 radical (unpaired) electrons. The van der Waals surface area contributed by atoms with Gasteiger partial charge in [-0.05, 0) is 0 Å². The Labute approximate surface area is 51.4 Å². The molecule has 0 aromatic heterocycles. The van der Waals surface area contributed by atoms with Gasteiger partial charge in [0.2, 0.25) is 0 Å². The maximum atomic E-state index is 10.1.